The highest BCUT2D eigenvalue weighted by atomic mass is 19.4. The molecule has 0 amide bonds. The Bertz CT molecular complexity index is 718. The van der Waals surface area contributed by atoms with Crippen molar-refractivity contribution in [2.24, 2.45) is 11.8 Å². The average Bonchev–Trinajstić information content (AvgIpc) is 2.76. The SMILES string of the molecule is CCCCC1CCC(OCC2CCC(c3cc(F)c(/C=C/C(F)(F)F)c(F)c3)CC2)CC1. The number of benzene rings is 1. The largest absolute Gasteiger partial charge is 0.409 e. The number of hydrogen-bond donors (Lipinski definition) is 0. The lowest BCUT2D eigenvalue weighted by Gasteiger charge is -2.32. The molecule has 1 aromatic rings. The van der Waals surface area contributed by atoms with E-state index in [-0.39, 0.29) is 12.0 Å². The van der Waals surface area contributed by atoms with Crippen LogP contribution in [-0.2, 0) is 4.74 Å². The highest BCUT2D eigenvalue weighted by Crippen LogP contribution is 2.38. The van der Waals surface area contributed by atoms with Gasteiger partial charge in [-0.2, -0.15) is 13.2 Å². The zero-order chi connectivity index (χ0) is 23.1. The minimum absolute atomic E-state index is 0.0323. The molecular weight excluding hydrogens is 423 g/mol. The fourth-order valence-electron chi connectivity index (χ4n) is 5.19. The van der Waals surface area contributed by atoms with Gasteiger partial charge in [-0.25, -0.2) is 8.78 Å². The van der Waals surface area contributed by atoms with Gasteiger partial charge in [0.25, 0.3) is 0 Å². The Kier molecular flexibility index (Phi) is 9.15. The summed E-state index contributed by atoms with van der Waals surface area (Å²) in [6.45, 7) is 2.99. The highest BCUT2D eigenvalue weighted by molar-refractivity contribution is 5.52. The molecule has 0 aliphatic heterocycles. The number of ether oxygens (including phenoxy) is 1. The number of unbranched alkanes of at least 4 members (excludes halogenated alkanes) is 1. The standard InChI is InChI=1S/C26H35F5O/c1-2-3-4-18-7-11-22(12-8-18)32-17-19-5-9-20(10-6-19)21-15-24(27)23(25(28)16-21)13-14-26(29,30)31/h13-16,18-20,22H,2-12,17H2,1H3/b14-13+. The maximum Gasteiger partial charge on any atom is 0.409 e. The zero-order valence-electron chi connectivity index (χ0n) is 18.9. The summed E-state index contributed by atoms with van der Waals surface area (Å²) in [5.74, 6) is -0.528. The highest BCUT2D eigenvalue weighted by Gasteiger charge is 2.27. The molecule has 2 aliphatic rings. The molecule has 3 rings (SSSR count). The Morgan fingerprint density at radius 2 is 1.50 bits per heavy atom. The van der Waals surface area contributed by atoms with Crippen LogP contribution in [0.4, 0.5) is 22.0 Å². The van der Waals surface area contributed by atoms with Crippen molar-refractivity contribution < 1.29 is 26.7 Å². The topological polar surface area (TPSA) is 9.23 Å². The summed E-state index contributed by atoms with van der Waals surface area (Å²) in [6.07, 6.45) is 8.34. The maximum atomic E-state index is 14.3. The van der Waals surface area contributed by atoms with Crippen molar-refractivity contribution in [2.45, 2.75) is 95.8 Å². The Hall–Kier alpha value is -1.43. The van der Waals surface area contributed by atoms with E-state index in [0.29, 0.717) is 23.7 Å². The molecule has 0 radical (unpaired) electrons. The summed E-state index contributed by atoms with van der Waals surface area (Å²) in [4.78, 5) is 0. The first kappa shape index (κ1) is 25.2. The summed E-state index contributed by atoms with van der Waals surface area (Å²) in [7, 11) is 0. The van der Waals surface area contributed by atoms with Crippen molar-refractivity contribution in [3.63, 3.8) is 0 Å². The molecule has 2 saturated carbocycles. The van der Waals surface area contributed by atoms with Gasteiger partial charge in [0.2, 0.25) is 0 Å². The van der Waals surface area contributed by atoms with Gasteiger partial charge < -0.3 is 4.74 Å². The van der Waals surface area contributed by atoms with Crippen LogP contribution in [0.2, 0.25) is 0 Å². The summed E-state index contributed by atoms with van der Waals surface area (Å²) >= 11 is 0. The molecule has 0 aromatic heterocycles. The van der Waals surface area contributed by atoms with Gasteiger partial charge in [-0.05, 0) is 92.9 Å². The van der Waals surface area contributed by atoms with E-state index < -0.39 is 23.4 Å². The second-order valence-electron chi connectivity index (χ2n) is 9.61. The number of hydrogen-bond acceptors (Lipinski definition) is 1. The van der Waals surface area contributed by atoms with Crippen LogP contribution >= 0.6 is 0 Å². The van der Waals surface area contributed by atoms with E-state index >= 15 is 0 Å². The first-order valence-corrected chi connectivity index (χ1v) is 12.1. The molecule has 0 atom stereocenters. The van der Waals surface area contributed by atoms with Crippen molar-refractivity contribution in [3.8, 4) is 0 Å². The van der Waals surface area contributed by atoms with Crippen LogP contribution in [0.5, 0.6) is 0 Å². The molecule has 1 nitrogen and oxygen atoms in total. The normalized spacial score (nSPS) is 27.2. The molecule has 1 aromatic carbocycles. The Labute approximate surface area is 188 Å². The molecule has 2 aliphatic carbocycles. The number of alkyl halides is 3. The van der Waals surface area contributed by atoms with E-state index in [9.17, 15) is 22.0 Å². The van der Waals surface area contributed by atoms with E-state index in [2.05, 4.69) is 6.92 Å². The lowest BCUT2D eigenvalue weighted by molar-refractivity contribution is -0.0790. The molecule has 0 saturated heterocycles. The van der Waals surface area contributed by atoms with Gasteiger partial charge >= 0.3 is 6.18 Å². The minimum atomic E-state index is -4.60. The van der Waals surface area contributed by atoms with Crippen LogP contribution in [0.25, 0.3) is 6.08 Å². The molecule has 0 heterocycles. The van der Waals surface area contributed by atoms with Crippen molar-refractivity contribution in [1.82, 2.24) is 0 Å². The second kappa shape index (κ2) is 11.6. The third kappa shape index (κ3) is 7.57. The smallest absolute Gasteiger partial charge is 0.378 e. The lowest BCUT2D eigenvalue weighted by Crippen LogP contribution is -2.26. The van der Waals surface area contributed by atoms with Crippen molar-refractivity contribution in [2.75, 3.05) is 6.61 Å². The van der Waals surface area contributed by atoms with Crippen molar-refractivity contribution >= 4 is 6.08 Å². The summed E-state index contributed by atoms with van der Waals surface area (Å²) in [5.41, 5.74) is -0.105. The van der Waals surface area contributed by atoms with Crippen molar-refractivity contribution in [3.05, 3.63) is 41.0 Å². The lowest BCUT2D eigenvalue weighted by atomic mass is 9.78. The Morgan fingerprint density at radius 1 is 0.906 bits per heavy atom. The summed E-state index contributed by atoms with van der Waals surface area (Å²) in [5, 5.41) is 0. The van der Waals surface area contributed by atoms with Crippen LogP contribution in [0.3, 0.4) is 0 Å². The number of allylic oxidation sites excluding steroid dienone is 1. The Balaban J connectivity index is 1.44. The maximum absolute atomic E-state index is 14.3. The second-order valence-corrected chi connectivity index (χ2v) is 9.61. The van der Waals surface area contributed by atoms with E-state index in [1.54, 1.807) is 0 Å². The van der Waals surface area contributed by atoms with Gasteiger partial charge in [0.15, 0.2) is 0 Å². The molecule has 32 heavy (non-hydrogen) atoms. The molecule has 0 spiro atoms. The summed E-state index contributed by atoms with van der Waals surface area (Å²) in [6, 6.07) is 2.38. The van der Waals surface area contributed by atoms with Crippen LogP contribution in [0.15, 0.2) is 18.2 Å². The molecule has 6 heteroatoms. The summed E-state index contributed by atoms with van der Waals surface area (Å²) < 4.78 is 71.7. The van der Waals surface area contributed by atoms with Gasteiger partial charge in [-0.1, -0.05) is 26.2 Å². The molecule has 180 valence electrons. The van der Waals surface area contributed by atoms with Gasteiger partial charge in [-0.15, -0.1) is 0 Å². The third-order valence-corrected chi connectivity index (χ3v) is 7.19. The number of halogens is 5. The average molecular weight is 459 g/mol. The molecule has 2 fully saturated rings. The molecule has 0 bridgehead atoms. The Morgan fingerprint density at radius 3 is 2.06 bits per heavy atom. The quantitative estimate of drug-likeness (QED) is 0.355. The van der Waals surface area contributed by atoms with Crippen LogP contribution < -0.4 is 0 Å². The first-order valence-electron chi connectivity index (χ1n) is 12.1. The van der Waals surface area contributed by atoms with Crippen LogP contribution in [0, 0.1) is 23.5 Å². The third-order valence-electron chi connectivity index (χ3n) is 7.19. The first-order chi connectivity index (χ1) is 15.2. The van der Waals surface area contributed by atoms with E-state index in [4.69, 9.17) is 4.74 Å². The monoisotopic (exact) mass is 458 g/mol. The fraction of sp³-hybridized carbons (Fsp3) is 0.692. The molecule has 0 unspecified atom stereocenters. The van der Waals surface area contributed by atoms with E-state index in [1.165, 1.54) is 44.2 Å². The minimum Gasteiger partial charge on any atom is -0.378 e. The predicted molar refractivity (Wildman–Crippen MR) is 117 cm³/mol. The number of rotatable bonds is 8. The van der Waals surface area contributed by atoms with E-state index in [0.717, 1.165) is 51.0 Å². The van der Waals surface area contributed by atoms with Gasteiger partial charge in [0, 0.05) is 18.2 Å². The fourth-order valence-corrected chi connectivity index (χ4v) is 5.19. The van der Waals surface area contributed by atoms with Gasteiger partial charge in [0.05, 0.1) is 6.10 Å². The predicted octanol–water partition coefficient (Wildman–Crippen LogP) is 8.58. The van der Waals surface area contributed by atoms with Crippen LogP contribution in [-0.4, -0.2) is 18.9 Å². The van der Waals surface area contributed by atoms with Gasteiger partial charge in [-0.3, -0.25) is 0 Å². The molecule has 0 N–H and O–H groups in total. The zero-order valence-corrected chi connectivity index (χ0v) is 18.9. The van der Waals surface area contributed by atoms with E-state index in [1.807, 2.05) is 0 Å². The van der Waals surface area contributed by atoms with Crippen molar-refractivity contribution in [1.29, 1.82) is 0 Å². The molecular formula is C26H35F5O. The van der Waals surface area contributed by atoms with Gasteiger partial charge in [0.1, 0.15) is 11.6 Å². The van der Waals surface area contributed by atoms with Crippen LogP contribution in [0.1, 0.15) is 94.6 Å².